The second-order valence-electron chi connectivity index (χ2n) is 8.63. The molecule has 30 heavy (non-hydrogen) atoms. The predicted octanol–water partition coefficient (Wildman–Crippen LogP) is 3.50. The molecule has 2 aliphatic rings. The third kappa shape index (κ3) is 4.51. The molecule has 1 aromatic heterocycles. The lowest BCUT2D eigenvalue weighted by Gasteiger charge is -2.35. The number of aryl methyl sites for hydroxylation is 2. The molecule has 4 rings (SSSR count). The highest BCUT2D eigenvalue weighted by Crippen LogP contribution is 2.35. The summed E-state index contributed by atoms with van der Waals surface area (Å²) < 4.78 is 0. The molecule has 2 heterocycles. The third-order valence-corrected chi connectivity index (χ3v) is 7.12. The second-order valence-corrected chi connectivity index (χ2v) is 9.69. The monoisotopic (exact) mass is 426 g/mol. The van der Waals surface area contributed by atoms with Crippen LogP contribution in [0.5, 0.6) is 0 Å². The number of carbonyl (C=O) groups excluding carboxylic acids is 2. The standard InChI is InChI=1S/C23H30N4O2S/c1-15(2)22(29)26-9-11-27(12-10-26)23-25-19-8-7-17(14-20(19)30-23)21(28)24-18-6-4-5-16(3)13-18/h4-6,13,15,17H,7-12,14H2,1-3H3,(H,24,28)/t17-/m1/s1. The number of hydrogen-bond acceptors (Lipinski definition) is 5. The van der Waals surface area contributed by atoms with E-state index >= 15 is 0 Å². The van der Waals surface area contributed by atoms with Gasteiger partial charge in [0.25, 0.3) is 0 Å². The fourth-order valence-corrected chi connectivity index (χ4v) is 5.41. The molecule has 160 valence electrons. The number of aromatic nitrogens is 1. The average molecular weight is 427 g/mol. The van der Waals surface area contributed by atoms with E-state index in [0.717, 1.165) is 67.5 Å². The van der Waals surface area contributed by atoms with Crippen molar-refractivity contribution in [2.75, 3.05) is 36.4 Å². The van der Waals surface area contributed by atoms with Gasteiger partial charge in [-0.3, -0.25) is 9.59 Å². The minimum absolute atomic E-state index is 0.00757. The van der Waals surface area contributed by atoms with Gasteiger partial charge in [-0.15, -0.1) is 11.3 Å². The van der Waals surface area contributed by atoms with Gasteiger partial charge in [-0.2, -0.15) is 0 Å². The van der Waals surface area contributed by atoms with Crippen LogP contribution in [0.15, 0.2) is 24.3 Å². The number of anilines is 2. The van der Waals surface area contributed by atoms with Crippen LogP contribution in [-0.4, -0.2) is 47.9 Å². The summed E-state index contributed by atoms with van der Waals surface area (Å²) in [4.78, 5) is 35.3. The predicted molar refractivity (Wildman–Crippen MR) is 121 cm³/mol. The number of carbonyl (C=O) groups is 2. The first-order valence-electron chi connectivity index (χ1n) is 10.8. The van der Waals surface area contributed by atoms with Crippen molar-refractivity contribution in [3.63, 3.8) is 0 Å². The lowest BCUT2D eigenvalue weighted by Crippen LogP contribution is -2.49. The number of fused-ring (bicyclic) bond motifs is 1. The van der Waals surface area contributed by atoms with E-state index in [0.29, 0.717) is 0 Å². The van der Waals surface area contributed by atoms with Gasteiger partial charge in [0.2, 0.25) is 11.8 Å². The molecule has 6 nitrogen and oxygen atoms in total. The Labute approximate surface area is 182 Å². The summed E-state index contributed by atoms with van der Waals surface area (Å²) in [5.41, 5.74) is 3.15. The first-order valence-corrected chi connectivity index (χ1v) is 11.6. The topological polar surface area (TPSA) is 65.5 Å². The summed E-state index contributed by atoms with van der Waals surface area (Å²) >= 11 is 1.72. The van der Waals surface area contributed by atoms with E-state index in [2.05, 4.69) is 10.2 Å². The molecule has 2 amide bonds. The number of thiazole rings is 1. The van der Waals surface area contributed by atoms with E-state index in [9.17, 15) is 9.59 Å². The molecule has 1 N–H and O–H groups in total. The van der Waals surface area contributed by atoms with E-state index in [1.165, 1.54) is 4.88 Å². The maximum Gasteiger partial charge on any atom is 0.227 e. The molecule has 1 aromatic carbocycles. The molecular formula is C23H30N4O2S. The van der Waals surface area contributed by atoms with Crippen LogP contribution < -0.4 is 10.2 Å². The van der Waals surface area contributed by atoms with Gasteiger partial charge in [0.1, 0.15) is 0 Å². The van der Waals surface area contributed by atoms with E-state index in [1.807, 2.05) is 49.9 Å². The molecule has 0 saturated carbocycles. The van der Waals surface area contributed by atoms with E-state index in [1.54, 1.807) is 11.3 Å². The highest BCUT2D eigenvalue weighted by atomic mass is 32.1. The Morgan fingerprint density at radius 1 is 1.20 bits per heavy atom. The number of nitrogens with one attached hydrogen (secondary N) is 1. The van der Waals surface area contributed by atoms with Crippen molar-refractivity contribution in [3.05, 3.63) is 40.4 Å². The Morgan fingerprint density at radius 2 is 1.97 bits per heavy atom. The first kappa shape index (κ1) is 20.8. The van der Waals surface area contributed by atoms with Crippen molar-refractivity contribution in [2.45, 2.75) is 40.0 Å². The van der Waals surface area contributed by atoms with Crippen LogP contribution in [0.4, 0.5) is 10.8 Å². The second kappa shape index (κ2) is 8.76. The van der Waals surface area contributed by atoms with Crippen LogP contribution in [0, 0.1) is 18.8 Å². The van der Waals surface area contributed by atoms with Crippen LogP contribution in [0.3, 0.4) is 0 Å². The summed E-state index contributed by atoms with van der Waals surface area (Å²) in [5, 5.41) is 4.11. The van der Waals surface area contributed by atoms with Crippen LogP contribution in [0.25, 0.3) is 0 Å². The Morgan fingerprint density at radius 3 is 2.67 bits per heavy atom. The molecule has 7 heteroatoms. The normalized spacial score (nSPS) is 19.0. The number of hydrogen-bond donors (Lipinski definition) is 1. The van der Waals surface area contributed by atoms with Gasteiger partial charge in [-0.05, 0) is 43.9 Å². The quantitative estimate of drug-likeness (QED) is 0.813. The molecule has 1 aliphatic carbocycles. The van der Waals surface area contributed by atoms with Crippen molar-refractivity contribution < 1.29 is 9.59 Å². The zero-order chi connectivity index (χ0) is 21.3. The van der Waals surface area contributed by atoms with Gasteiger partial charge in [-0.1, -0.05) is 26.0 Å². The van der Waals surface area contributed by atoms with Gasteiger partial charge in [0.15, 0.2) is 5.13 Å². The van der Waals surface area contributed by atoms with Crippen molar-refractivity contribution in [1.29, 1.82) is 0 Å². The summed E-state index contributed by atoms with van der Waals surface area (Å²) in [6.07, 6.45) is 2.45. The Hall–Kier alpha value is -2.41. The first-order chi connectivity index (χ1) is 14.4. The van der Waals surface area contributed by atoms with E-state index in [-0.39, 0.29) is 23.7 Å². The molecule has 1 saturated heterocycles. The van der Waals surface area contributed by atoms with Crippen molar-refractivity contribution in [1.82, 2.24) is 9.88 Å². The van der Waals surface area contributed by atoms with Crippen molar-refractivity contribution in [3.8, 4) is 0 Å². The molecular weight excluding hydrogens is 396 g/mol. The summed E-state index contributed by atoms with van der Waals surface area (Å²) in [5.74, 6) is 0.371. The summed E-state index contributed by atoms with van der Waals surface area (Å²) in [6.45, 7) is 9.08. The van der Waals surface area contributed by atoms with Crippen LogP contribution in [0.1, 0.15) is 36.4 Å². The molecule has 1 atom stereocenters. The van der Waals surface area contributed by atoms with Crippen LogP contribution in [0.2, 0.25) is 0 Å². The molecule has 2 aromatic rings. The zero-order valence-corrected chi connectivity index (χ0v) is 18.8. The smallest absolute Gasteiger partial charge is 0.227 e. The molecule has 0 unspecified atom stereocenters. The Balaban J connectivity index is 1.37. The molecule has 0 bridgehead atoms. The number of benzene rings is 1. The van der Waals surface area contributed by atoms with E-state index < -0.39 is 0 Å². The number of piperazine rings is 1. The zero-order valence-electron chi connectivity index (χ0n) is 18.0. The average Bonchev–Trinajstić information content (AvgIpc) is 3.16. The highest BCUT2D eigenvalue weighted by molar-refractivity contribution is 7.15. The lowest BCUT2D eigenvalue weighted by atomic mass is 9.90. The largest absolute Gasteiger partial charge is 0.345 e. The number of amides is 2. The summed E-state index contributed by atoms with van der Waals surface area (Å²) in [6, 6.07) is 7.93. The molecule has 1 fully saturated rings. The lowest BCUT2D eigenvalue weighted by molar-refractivity contribution is -0.134. The fourth-order valence-electron chi connectivity index (χ4n) is 4.17. The summed E-state index contributed by atoms with van der Waals surface area (Å²) in [7, 11) is 0. The van der Waals surface area contributed by atoms with Gasteiger partial charge in [-0.25, -0.2) is 4.98 Å². The van der Waals surface area contributed by atoms with Gasteiger partial charge < -0.3 is 15.1 Å². The van der Waals surface area contributed by atoms with E-state index in [4.69, 9.17) is 4.98 Å². The number of nitrogens with zero attached hydrogens (tertiary/aromatic N) is 3. The Kier molecular flexibility index (Phi) is 6.09. The highest BCUT2D eigenvalue weighted by Gasteiger charge is 2.30. The maximum absolute atomic E-state index is 12.8. The third-order valence-electron chi connectivity index (χ3n) is 5.94. The Bertz CT molecular complexity index is 931. The van der Waals surface area contributed by atoms with Gasteiger partial charge >= 0.3 is 0 Å². The maximum atomic E-state index is 12.8. The van der Waals surface area contributed by atoms with Crippen molar-refractivity contribution in [2.24, 2.45) is 11.8 Å². The minimum atomic E-state index is -0.00757. The fraction of sp³-hybridized carbons (Fsp3) is 0.522. The van der Waals surface area contributed by atoms with Gasteiger partial charge in [0, 0.05) is 48.6 Å². The number of rotatable bonds is 4. The van der Waals surface area contributed by atoms with Crippen LogP contribution in [-0.2, 0) is 22.4 Å². The molecule has 0 radical (unpaired) electrons. The van der Waals surface area contributed by atoms with Gasteiger partial charge in [0.05, 0.1) is 5.69 Å². The van der Waals surface area contributed by atoms with Crippen molar-refractivity contribution >= 4 is 34.0 Å². The minimum Gasteiger partial charge on any atom is -0.345 e. The molecule has 0 spiro atoms. The molecule has 1 aliphatic heterocycles. The SMILES string of the molecule is Cc1cccc(NC(=O)[C@@H]2CCc3nc(N4CCN(C(=O)C(C)C)CC4)sc3C2)c1. The van der Waals surface area contributed by atoms with Crippen LogP contribution >= 0.6 is 11.3 Å².